The van der Waals surface area contributed by atoms with Crippen molar-refractivity contribution in [3.63, 3.8) is 0 Å². The van der Waals surface area contributed by atoms with Gasteiger partial charge in [-0.1, -0.05) is 34.6 Å². The minimum atomic E-state index is -0.456. The third kappa shape index (κ3) is 9.77. The molecule has 2 N–H and O–H groups in total. The summed E-state index contributed by atoms with van der Waals surface area (Å²) >= 11 is 0. The van der Waals surface area contributed by atoms with E-state index in [-0.39, 0.29) is 17.6 Å². The predicted molar refractivity (Wildman–Crippen MR) is 80.4 cm³/mol. The van der Waals surface area contributed by atoms with E-state index in [0.29, 0.717) is 6.04 Å². The molecule has 0 aliphatic carbocycles. The van der Waals surface area contributed by atoms with E-state index >= 15 is 0 Å². The quantitative estimate of drug-likeness (QED) is 0.807. The van der Waals surface area contributed by atoms with E-state index in [1.165, 1.54) is 0 Å². The number of hydrogen-bond donors (Lipinski definition) is 2. The molecule has 0 radical (unpaired) electrons. The molecule has 0 spiro atoms. The zero-order chi connectivity index (χ0) is 15.3. The monoisotopic (exact) mass is 272 g/mol. The first-order chi connectivity index (χ1) is 8.42. The van der Waals surface area contributed by atoms with E-state index in [1.54, 1.807) is 0 Å². The van der Waals surface area contributed by atoms with Gasteiger partial charge in [0, 0.05) is 12.1 Å². The summed E-state index contributed by atoms with van der Waals surface area (Å²) in [6.07, 6.45) is 0.554. The fourth-order valence-corrected chi connectivity index (χ4v) is 1.69. The van der Waals surface area contributed by atoms with Crippen LogP contribution >= 0.6 is 0 Å². The van der Waals surface area contributed by atoms with Crippen molar-refractivity contribution in [2.45, 2.75) is 79.5 Å². The number of carbonyl (C=O) groups is 1. The zero-order valence-electron chi connectivity index (χ0n) is 13.9. The molecule has 1 atom stereocenters. The van der Waals surface area contributed by atoms with Crippen LogP contribution in [0, 0.1) is 5.41 Å². The first-order valence-corrected chi connectivity index (χ1v) is 7.14. The summed E-state index contributed by atoms with van der Waals surface area (Å²) in [7, 11) is 0. The summed E-state index contributed by atoms with van der Waals surface area (Å²) in [5.41, 5.74) is -0.446. The maximum absolute atomic E-state index is 11.9. The Bertz CT molecular complexity index is 275. The van der Waals surface area contributed by atoms with E-state index in [4.69, 9.17) is 4.74 Å². The van der Waals surface area contributed by atoms with Crippen molar-refractivity contribution in [2.75, 3.05) is 6.54 Å². The molecule has 0 aromatic heterocycles. The molecule has 1 unspecified atom stereocenters. The minimum Gasteiger partial charge on any atom is -0.444 e. The summed E-state index contributed by atoms with van der Waals surface area (Å²) in [5, 5.41) is 6.36. The maximum Gasteiger partial charge on any atom is 0.407 e. The molecule has 0 bridgehead atoms. The van der Waals surface area contributed by atoms with Crippen molar-refractivity contribution in [3.05, 3.63) is 0 Å². The molecular weight excluding hydrogens is 240 g/mol. The summed E-state index contributed by atoms with van der Waals surface area (Å²) in [4.78, 5) is 11.9. The van der Waals surface area contributed by atoms with Crippen molar-refractivity contribution >= 4 is 6.09 Å². The zero-order valence-corrected chi connectivity index (χ0v) is 13.9. The van der Waals surface area contributed by atoms with Gasteiger partial charge < -0.3 is 15.4 Å². The Hall–Kier alpha value is -0.770. The van der Waals surface area contributed by atoms with Crippen molar-refractivity contribution < 1.29 is 9.53 Å². The van der Waals surface area contributed by atoms with Gasteiger partial charge in [0.25, 0.3) is 0 Å². The fraction of sp³-hybridized carbons (Fsp3) is 0.933. The lowest BCUT2D eigenvalue weighted by molar-refractivity contribution is 0.0459. The molecule has 4 heteroatoms. The second-order valence-electron chi connectivity index (χ2n) is 7.46. The Labute approximate surface area is 118 Å². The molecule has 1 amide bonds. The second kappa shape index (κ2) is 7.13. The molecule has 0 aliphatic heterocycles. The number of amides is 1. The van der Waals surface area contributed by atoms with Crippen LogP contribution in [0.25, 0.3) is 0 Å². The molecule has 0 aromatic carbocycles. The first kappa shape index (κ1) is 18.2. The maximum atomic E-state index is 11.9. The van der Waals surface area contributed by atoms with Gasteiger partial charge in [-0.05, 0) is 39.2 Å². The molecule has 0 aliphatic rings. The van der Waals surface area contributed by atoms with Crippen LogP contribution in [0.4, 0.5) is 4.79 Å². The van der Waals surface area contributed by atoms with Gasteiger partial charge in [0.05, 0.1) is 0 Å². The Morgan fingerprint density at radius 3 is 2.00 bits per heavy atom. The largest absolute Gasteiger partial charge is 0.444 e. The average Bonchev–Trinajstić information content (AvgIpc) is 2.10. The number of nitrogens with one attached hydrogen (secondary N) is 2. The summed E-state index contributed by atoms with van der Waals surface area (Å²) in [5.74, 6) is 0. The molecule has 114 valence electrons. The Morgan fingerprint density at radius 1 is 1.11 bits per heavy atom. The topological polar surface area (TPSA) is 50.4 Å². The van der Waals surface area contributed by atoms with Crippen LogP contribution in [0.15, 0.2) is 0 Å². The highest BCUT2D eigenvalue weighted by Gasteiger charge is 2.27. The Morgan fingerprint density at radius 2 is 1.63 bits per heavy atom. The third-order valence-corrected chi connectivity index (χ3v) is 2.72. The lowest BCUT2D eigenvalue weighted by atomic mass is 9.85. The molecule has 19 heavy (non-hydrogen) atoms. The molecule has 4 nitrogen and oxygen atoms in total. The average molecular weight is 272 g/mol. The highest BCUT2D eigenvalue weighted by molar-refractivity contribution is 5.68. The summed E-state index contributed by atoms with van der Waals surface area (Å²) < 4.78 is 5.32. The summed E-state index contributed by atoms with van der Waals surface area (Å²) in [6, 6.07) is 0.552. The van der Waals surface area contributed by atoms with Gasteiger partial charge in [-0.25, -0.2) is 4.79 Å². The number of carbonyl (C=O) groups excluding carboxylic acids is 1. The van der Waals surface area contributed by atoms with Crippen molar-refractivity contribution in [2.24, 2.45) is 5.41 Å². The van der Waals surface area contributed by atoms with Crippen LogP contribution in [0.3, 0.4) is 0 Å². The lowest BCUT2D eigenvalue weighted by Gasteiger charge is -2.32. The molecule has 0 saturated heterocycles. The smallest absolute Gasteiger partial charge is 0.407 e. The number of hydrogen-bond acceptors (Lipinski definition) is 3. The predicted octanol–water partition coefficient (Wildman–Crippen LogP) is 3.31. The molecular formula is C15H32N2O2. The Kier molecular flexibility index (Phi) is 6.84. The minimum absolute atomic E-state index is 0.00949. The third-order valence-electron chi connectivity index (χ3n) is 2.72. The Balaban J connectivity index is 4.41. The molecule has 0 aromatic rings. The van der Waals surface area contributed by atoms with Gasteiger partial charge in [-0.2, -0.15) is 0 Å². The highest BCUT2D eigenvalue weighted by Crippen LogP contribution is 2.22. The van der Waals surface area contributed by atoms with E-state index in [2.05, 4.69) is 45.3 Å². The van der Waals surface area contributed by atoms with Crippen LogP contribution in [-0.2, 0) is 4.74 Å². The van der Waals surface area contributed by atoms with Crippen molar-refractivity contribution in [1.29, 1.82) is 0 Å². The lowest BCUT2D eigenvalue weighted by Crippen LogP contribution is -2.47. The molecule has 0 saturated carbocycles. The van der Waals surface area contributed by atoms with Gasteiger partial charge in [-0.3, -0.25) is 0 Å². The van der Waals surface area contributed by atoms with Crippen molar-refractivity contribution in [3.8, 4) is 0 Å². The van der Waals surface area contributed by atoms with Gasteiger partial charge in [0.1, 0.15) is 5.60 Å². The van der Waals surface area contributed by atoms with Gasteiger partial charge in [-0.15, -0.1) is 0 Å². The van der Waals surface area contributed by atoms with E-state index < -0.39 is 5.60 Å². The standard InChI is InChI=1S/C15H32N2O2/c1-11(2)16-10-9-12(14(3,4)5)17-13(18)19-15(6,7)8/h11-12,16H,9-10H2,1-8H3,(H,17,18). The fourth-order valence-electron chi connectivity index (χ4n) is 1.69. The molecule has 0 rings (SSSR count). The van der Waals surface area contributed by atoms with E-state index in [0.717, 1.165) is 13.0 Å². The van der Waals surface area contributed by atoms with Gasteiger partial charge >= 0.3 is 6.09 Å². The van der Waals surface area contributed by atoms with Gasteiger partial charge in [0.2, 0.25) is 0 Å². The van der Waals surface area contributed by atoms with Crippen LogP contribution in [-0.4, -0.2) is 30.3 Å². The summed E-state index contributed by atoms with van der Waals surface area (Å²) in [6.45, 7) is 17.1. The van der Waals surface area contributed by atoms with Crippen LogP contribution in [0.5, 0.6) is 0 Å². The number of alkyl carbamates (subject to hydrolysis) is 1. The normalized spacial score (nSPS) is 14.4. The number of ether oxygens (including phenoxy) is 1. The van der Waals surface area contributed by atoms with Crippen molar-refractivity contribution in [1.82, 2.24) is 10.6 Å². The number of rotatable bonds is 5. The SMILES string of the molecule is CC(C)NCCC(NC(=O)OC(C)(C)C)C(C)(C)C. The van der Waals surface area contributed by atoms with Crippen LogP contribution in [0.2, 0.25) is 0 Å². The van der Waals surface area contributed by atoms with Gasteiger partial charge in [0.15, 0.2) is 0 Å². The van der Waals surface area contributed by atoms with Crippen LogP contribution < -0.4 is 10.6 Å². The van der Waals surface area contributed by atoms with E-state index in [1.807, 2.05) is 20.8 Å². The highest BCUT2D eigenvalue weighted by atomic mass is 16.6. The molecule has 0 heterocycles. The molecule has 0 fully saturated rings. The second-order valence-corrected chi connectivity index (χ2v) is 7.46. The van der Waals surface area contributed by atoms with Crippen LogP contribution in [0.1, 0.15) is 61.8 Å². The van der Waals surface area contributed by atoms with E-state index in [9.17, 15) is 4.79 Å². The first-order valence-electron chi connectivity index (χ1n) is 7.14.